The average Bonchev–Trinajstić information content (AvgIpc) is 3.39. The summed E-state index contributed by atoms with van der Waals surface area (Å²) in [6.07, 6.45) is 9.09. The molecular weight excluding hydrogens is 526 g/mol. The summed E-state index contributed by atoms with van der Waals surface area (Å²) in [5.74, 6) is -0.122. The number of rotatable bonds is 11. The number of carbonyl (C=O) groups is 2. The van der Waals surface area contributed by atoms with Crippen molar-refractivity contribution in [3.8, 4) is 0 Å². The molecule has 2 atom stereocenters. The summed E-state index contributed by atoms with van der Waals surface area (Å²) < 4.78 is 20.6. The summed E-state index contributed by atoms with van der Waals surface area (Å²) in [6.45, 7) is 8.57. The third-order valence-electron chi connectivity index (χ3n) is 7.77. The zero-order valence-corrected chi connectivity index (χ0v) is 26.0. The molecule has 2 heterocycles. The molecule has 0 saturated heterocycles. The number of nitrogens with zero attached hydrogens (tertiary/aromatic N) is 2. The molecule has 10 heteroatoms. The van der Waals surface area contributed by atoms with Gasteiger partial charge in [0.2, 0.25) is 5.91 Å². The number of ether oxygens (including phenoxy) is 1. The Morgan fingerprint density at radius 3 is 2.48 bits per heavy atom. The highest BCUT2D eigenvalue weighted by Crippen LogP contribution is 2.40. The highest BCUT2D eigenvalue weighted by atomic mass is 28.4. The number of hydrogen-bond donors (Lipinski definition) is 1. The van der Waals surface area contributed by atoms with Crippen LogP contribution < -0.4 is 0 Å². The van der Waals surface area contributed by atoms with Crippen LogP contribution in [0.3, 0.4) is 0 Å². The van der Waals surface area contributed by atoms with Crippen LogP contribution in [-0.2, 0) is 34.0 Å². The number of amides is 1. The number of allylic oxidation sites excluding steroid dienone is 1. The molecule has 0 spiro atoms. The predicted molar refractivity (Wildman–Crippen MR) is 160 cm³/mol. The minimum atomic E-state index is -2.52. The number of carbonyl (C=O) groups excluding carboxylic acids is 2. The normalized spacial score (nSPS) is 18.6. The fourth-order valence-electron chi connectivity index (χ4n) is 5.58. The Hall–Kier alpha value is -2.76. The van der Waals surface area contributed by atoms with Gasteiger partial charge in [0.1, 0.15) is 0 Å². The van der Waals surface area contributed by atoms with Gasteiger partial charge in [-0.1, -0.05) is 24.3 Å². The number of esters is 1. The first-order chi connectivity index (χ1) is 19.3. The second kappa shape index (κ2) is 14.7. The first kappa shape index (κ1) is 31.8. The van der Waals surface area contributed by atoms with Crippen LogP contribution in [0.2, 0.25) is 6.04 Å². The molecule has 1 aromatic heterocycles. The van der Waals surface area contributed by atoms with Crippen LogP contribution in [0, 0.1) is 5.92 Å². The first-order valence-corrected chi connectivity index (χ1v) is 16.0. The Kier molecular flexibility index (Phi) is 11.7. The largest absolute Gasteiger partial charge is 0.500 e. The van der Waals surface area contributed by atoms with Crippen LogP contribution in [0.5, 0.6) is 0 Å². The lowest BCUT2D eigenvalue weighted by atomic mass is 9.79. The van der Waals surface area contributed by atoms with Crippen molar-refractivity contribution >= 4 is 37.2 Å². The highest BCUT2D eigenvalue weighted by molar-refractivity contribution is 6.60. The van der Waals surface area contributed by atoms with E-state index in [1.54, 1.807) is 34.3 Å². The molecule has 0 bridgehead atoms. The van der Waals surface area contributed by atoms with Gasteiger partial charge in [-0.2, -0.15) is 0 Å². The molecule has 4 rings (SSSR count). The maximum Gasteiger partial charge on any atom is 0.500 e. The molecule has 0 unspecified atom stereocenters. The van der Waals surface area contributed by atoms with E-state index in [1.807, 2.05) is 4.90 Å². The van der Waals surface area contributed by atoms with Gasteiger partial charge in [-0.25, -0.2) is 4.79 Å². The third kappa shape index (κ3) is 7.11. The van der Waals surface area contributed by atoms with Crippen molar-refractivity contribution in [3.63, 3.8) is 0 Å². The number of benzene rings is 1. The lowest BCUT2D eigenvalue weighted by molar-refractivity contribution is -0.138. The van der Waals surface area contributed by atoms with E-state index < -0.39 is 8.80 Å². The van der Waals surface area contributed by atoms with Crippen LogP contribution in [0.25, 0.3) is 16.5 Å². The summed E-state index contributed by atoms with van der Waals surface area (Å²) in [6, 6.07) is 7.44. The van der Waals surface area contributed by atoms with Gasteiger partial charge in [0.25, 0.3) is 0 Å². The van der Waals surface area contributed by atoms with Crippen LogP contribution in [-0.4, -0.2) is 96.1 Å². The van der Waals surface area contributed by atoms with Crippen LogP contribution in [0.15, 0.2) is 42.6 Å². The molecule has 9 nitrogen and oxygen atoms in total. The highest BCUT2D eigenvalue weighted by Gasteiger charge is 2.37. The average molecular weight is 572 g/mol. The van der Waals surface area contributed by atoms with E-state index in [0.29, 0.717) is 25.1 Å². The van der Waals surface area contributed by atoms with E-state index in [-0.39, 0.29) is 17.8 Å². The lowest BCUT2D eigenvalue weighted by Gasteiger charge is -2.40. The fraction of sp³-hybridized carbons (Fsp3) is 0.533. The number of fused-ring (bicyclic) bond motifs is 2. The van der Waals surface area contributed by atoms with Crippen LogP contribution in [0.1, 0.15) is 38.3 Å². The Labute approximate surface area is 239 Å². The monoisotopic (exact) mass is 571 g/mol. The molecule has 1 aliphatic heterocycles. The predicted octanol–water partition coefficient (Wildman–Crippen LogP) is 4.28. The number of hydrogen-bond acceptors (Lipinski definition) is 7. The van der Waals surface area contributed by atoms with Gasteiger partial charge >= 0.3 is 14.8 Å². The standard InChI is InChI=1S/C20H25N3O.C10H20O5Si/c1-4-23(5-2)20(24)14-9-16-15-7-6-8-17-19(15)13(11-21-17)10-18(16)22(3)12-14;1-5-7-10(11)15-8-6-9-16(12-2,13-3)14-4/h6-9,11,14,18,21H,4-5,10,12H2,1-3H3;5,7H,6,8-9H2,1-4H3/t14-,18-;/m1./s1. The Bertz CT molecular complexity index is 1190. The second-order valence-corrected chi connectivity index (χ2v) is 13.1. The molecule has 0 fully saturated rings. The summed E-state index contributed by atoms with van der Waals surface area (Å²) in [5.41, 5.74) is 5.21. The van der Waals surface area contributed by atoms with Crippen LogP contribution in [0.4, 0.5) is 0 Å². The van der Waals surface area contributed by atoms with Crippen molar-refractivity contribution in [3.05, 3.63) is 53.8 Å². The number of aromatic nitrogens is 1. The Morgan fingerprint density at radius 1 is 1.15 bits per heavy atom. The third-order valence-corrected chi connectivity index (χ3v) is 10.6. The van der Waals surface area contributed by atoms with Crippen molar-refractivity contribution in [2.24, 2.45) is 5.92 Å². The van der Waals surface area contributed by atoms with E-state index in [9.17, 15) is 9.59 Å². The van der Waals surface area contributed by atoms with E-state index in [4.69, 9.17) is 18.0 Å². The Balaban J connectivity index is 0.000000243. The molecule has 220 valence electrons. The lowest BCUT2D eigenvalue weighted by Crippen LogP contribution is -2.47. The maximum absolute atomic E-state index is 12.9. The van der Waals surface area contributed by atoms with E-state index >= 15 is 0 Å². The van der Waals surface area contributed by atoms with Gasteiger partial charge in [-0.05, 0) is 63.4 Å². The summed E-state index contributed by atoms with van der Waals surface area (Å²) >= 11 is 0. The minimum Gasteiger partial charge on any atom is -0.463 e. The van der Waals surface area contributed by atoms with Crippen molar-refractivity contribution in [1.29, 1.82) is 0 Å². The fourth-order valence-corrected chi connectivity index (χ4v) is 7.27. The van der Waals surface area contributed by atoms with Crippen molar-refractivity contribution in [1.82, 2.24) is 14.8 Å². The Morgan fingerprint density at radius 2 is 1.85 bits per heavy atom. The molecule has 1 aromatic carbocycles. The van der Waals surface area contributed by atoms with Gasteiger partial charge in [0.15, 0.2) is 0 Å². The molecule has 1 N–H and O–H groups in total. The van der Waals surface area contributed by atoms with Crippen molar-refractivity contribution < 1.29 is 27.6 Å². The van der Waals surface area contributed by atoms with E-state index in [1.165, 1.54) is 33.7 Å². The molecule has 2 aliphatic rings. The second-order valence-electron chi connectivity index (χ2n) is 10.0. The minimum absolute atomic E-state index is 0.0445. The van der Waals surface area contributed by atoms with Crippen molar-refractivity contribution in [2.45, 2.75) is 45.7 Å². The number of aromatic amines is 1. The smallest absolute Gasteiger partial charge is 0.463 e. The van der Waals surface area contributed by atoms with Crippen molar-refractivity contribution in [2.75, 3.05) is 54.6 Å². The molecular formula is C30H45N3O6Si. The molecule has 1 aliphatic carbocycles. The number of nitrogens with one attached hydrogen (secondary N) is 1. The van der Waals surface area contributed by atoms with Crippen LogP contribution >= 0.6 is 0 Å². The summed E-state index contributed by atoms with van der Waals surface area (Å²) in [7, 11) is 4.32. The zero-order valence-electron chi connectivity index (χ0n) is 25.0. The van der Waals surface area contributed by atoms with E-state index in [0.717, 1.165) is 26.1 Å². The SMILES string of the molecule is CC=CC(=O)OCCC[Si](OC)(OC)OC.CCN(CC)C(=O)[C@@H]1C=C2c3cccc4[nH]cc(c34)C[C@H]2N(C)C1. The number of H-pyrrole nitrogens is 1. The molecule has 0 saturated carbocycles. The first-order valence-electron chi connectivity index (χ1n) is 14.0. The van der Waals surface area contributed by atoms with E-state index in [2.05, 4.69) is 61.3 Å². The van der Waals surface area contributed by atoms with Gasteiger partial charge in [0, 0.05) is 76.2 Å². The zero-order chi connectivity index (χ0) is 29.3. The molecule has 40 heavy (non-hydrogen) atoms. The topological polar surface area (TPSA) is 93.3 Å². The summed E-state index contributed by atoms with van der Waals surface area (Å²) in [4.78, 5) is 31.5. The van der Waals surface area contributed by atoms with Gasteiger partial charge in [-0.3, -0.25) is 9.69 Å². The molecule has 2 aromatic rings. The quantitative estimate of drug-likeness (QED) is 0.186. The van der Waals surface area contributed by atoms with Gasteiger partial charge in [0.05, 0.1) is 12.5 Å². The van der Waals surface area contributed by atoms with Gasteiger partial charge < -0.3 is 27.9 Å². The maximum atomic E-state index is 12.9. The van der Waals surface area contributed by atoms with Gasteiger partial charge in [-0.15, -0.1) is 0 Å². The summed E-state index contributed by atoms with van der Waals surface area (Å²) in [5, 5.41) is 1.34. The molecule has 1 amide bonds. The molecule has 0 radical (unpaired) electrons. The number of likely N-dealkylation sites (N-methyl/N-ethyl adjacent to an activating group) is 1.